The van der Waals surface area contributed by atoms with Crippen LogP contribution in [0.25, 0.3) is 0 Å². The maximum atomic E-state index is 5.96. The predicted octanol–water partition coefficient (Wildman–Crippen LogP) is 2.40. The van der Waals surface area contributed by atoms with Crippen LogP contribution in [-0.2, 0) is 13.0 Å². The molecule has 2 heterocycles. The van der Waals surface area contributed by atoms with E-state index in [4.69, 9.17) is 5.73 Å². The smallest absolute Gasteiger partial charge is 0.0993 e. The largest absolute Gasteiger partial charge is 0.323 e. The van der Waals surface area contributed by atoms with Crippen LogP contribution in [0.5, 0.6) is 0 Å². The molecule has 1 aromatic heterocycles. The van der Waals surface area contributed by atoms with Gasteiger partial charge < -0.3 is 5.73 Å². The highest BCUT2D eigenvalue weighted by Crippen LogP contribution is 2.37. The fraction of sp³-hybridized carbons (Fsp3) is 0.429. The molecule has 1 aliphatic heterocycles. The van der Waals surface area contributed by atoms with Gasteiger partial charge in [-0.05, 0) is 24.5 Å². The summed E-state index contributed by atoms with van der Waals surface area (Å²) in [5.41, 5.74) is 8.30. The number of rotatable bonds is 4. The van der Waals surface area contributed by atoms with Gasteiger partial charge in [0.05, 0.1) is 24.5 Å². The number of hydrogen-bond acceptors (Lipinski definition) is 4. The Hall–Kier alpha value is -1.33. The van der Waals surface area contributed by atoms with Gasteiger partial charge in [0, 0.05) is 10.1 Å². The van der Waals surface area contributed by atoms with Crippen molar-refractivity contribution in [2.75, 3.05) is 0 Å². The predicted molar refractivity (Wildman–Crippen MR) is 77.0 cm³/mol. The first-order valence-corrected chi connectivity index (χ1v) is 7.54. The Morgan fingerprint density at radius 3 is 3.11 bits per heavy atom. The molecule has 0 fully saturated rings. The second-order valence-corrected chi connectivity index (χ2v) is 6.27. The van der Waals surface area contributed by atoms with E-state index in [9.17, 15) is 0 Å². The normalized spacial score (nSPS) is 19.4. The zero-order valence-corrected chi connectivity index (χ0v) is 11.8. The van der Waals surface area contributed by atoms with Gasteiger partial charge in [-0.3, -0.25) is 4.68 Å². The van der Waals surface area contributed by atoms with Gasteiger partial charge in [0.15, 0.2) is 0 Å². The summed E-state index contributed by atoms with van der Waals surface area (Å²) >= 11 is 1.93. The summed E-state index contributed by atoms with van der Waals surface area (Å²) < 4.78 is 1.92. The first-order chi connectivity index (χ1) is 9.26. The standard InChI is InChI=1S/C14H18N4S/c1-2-12(15)13-9-18(17-16-13)8-11-7-10-5-3-4-6-14(10)19-11/h3-6,9,11-12H,2,7-8,15H2,1H3. The van der Waals surface area contributed by atoms with Crippen molar-refractivity contribution in [2.45, 2.75) is 42.5 Å². The minimum absolute atomic E-state index is 0.00202. The molecular weight excluding hydrogens is 256 g/mol. The summed E-state index contributed by atoms with van der Waals surface area (Å²) in [5, 5.41) is 8.89. The molecule has 0 saturated heterocycles. The van der Waals surface area contributed by atoms with Crippen LogP contribution in [-0.4, -0.2) is 20.2 Å². The third-order valence-electron chi connectivity index (χ3n) is 3.48. The lowest BCUT2D eigenvalue weighted by molar-refractivity contribution is 0.572. The van der Waals surface area contributed by atoms with Crippen LogP contribution in [0.1, 0.15) is 30.6 Å². The van der Waals surface area contributed by atoms with Gasteiger partial charge >= 0.3 is 0 Å². The lowest BCUT2D eigenvalue weighted by atomic mass is 10.1. The van der Waals surface area contributed by atoms with Gasteiger partial charge in [0.2, 0.25) is 0 Å². The van der Waals surface area contributed by atoms with E-state index in [1.54, 1.807) is 0 Å². The molecular formula is C14H18N4S. The van der Waals surface area contributed by atoms with E-state index in [-0.39, 0.29) is 6.04 Å². The molecule has 0 amide bonds. The number of nitrogens with two attached hydrogens (primary N) is 1. The zero-order chi connectivity index (χ0) is 13.2. The highest BCUT2D eigenvalue weighted by molar-refractivity contribution is 8.00. The van der Waals surface area contributed by atoms with Gasteiger partial charge in [-0.25, -0.2) is 0 Å². The zero-order valence-electron chi connectivity index (χ0n) is 11.0. The van der Waals surface area contributed by atoms with Crippen molar-refractivity contribution in [3.05, 3.63) is 41.7 Å². The molecule has 1 aromatic carbocycles. The van der Waals surface area contributed by atoms with E-state index in [1.165, 1.54) is 10.5 Å². The number of aromatic nitrogens is 3. The van der Waals surface area contributed by atoms with Crippen molar-refractivity contribution < 1.29 is 0 Å². The van der Waals surface area contributed by atoms with Gasteiger partial charge in [0.25, 0.3) is 0 Å². The van der Waals surface area contributed by atoms with Gasteiger partial charge in [-0.2, -0.15) is 0 Å². The summed E-state index contributed by atoms with van der Waals surface area (Å²) in [4.78, 5) is 1.40. The maximum Gasteiger partial charge on any atom is 0.0993 e. The minimum Gasteiger partial charge on any atom is -0.323 e. The highest BCUT2D eigenvalue weighted by Gasteiger charge is 2.22. The van der Waals surface area contributed by atoms with Crippen molar-refractivity contribution in [2.24, 2.45) is 5.73 Å². The van der Waals surface area contributed by atoms with E-state index in [0.29, 0.717) is 5.25 Å². The van der Waals surface area contributed by atoms with Gasteiger partial charge in [-0.15, -0.1) is 16.9 Å². The Morgan fingerprint density at radius 2 is 2.32 bits per heavy atom. The van der Waals surface area contributed by atoms with E-state index < -0.39 is 0 Å². The minimum atomic E-state index is 0.00202. The molecule has 0 spiro atoms. The highest BCUT2D eigenvalue weighted by atomic mass is 32.2. The number of thioether (sulfide) groups is 1. The second kappa shape index (κ2) is 5.35. The molecule has 100 valence electrons. The van der Waals surface area contributed by atoms with Crippen LogP contribution in [0.2, 0.25) is 0 Å². The van der Waals surface area contributed by atoms with Crippen LogP contribution in [0.4, 0.5) is 0 Å². The molecule has 19 heavy (non-hydrogen) atoms. The summed E-state index contributed by atoms with van der Waals surface area (Å²) in [7, 11) is 0. The van der Waals surface area contributed by atoms with E-state index in [2.05, 4.69) is 41.5 Å². The summed E-state index contributed by atoms with van der Waals surface area (Å²) in [6.07, 6.45) is 3.98. The van der Waals surface area contributed by atoms with Crippen molar-refractivity contribution in [1.29, 1.82) is 0 Å². The average molecular weight is 274 g/mol. The Bertz CT molecular complexity index is 541. The van der Waals surface area contributed by atoms with Crippen molar-refractivity contribution >= 4 is 11.8 Å². The Labute approximate surface area is 117 Å². The fourth-order valence-corrected chi connectivity index (χ4v) is 3.66. The molecule has 2 N–H and O–H groups in total. The number of benzene rings is 1. The Kier molecular flexibility index (Phi) is 3.57. The van der Waals surface area contributed by atoms with Crippen LogP contribution >= 0.6 is 11.8 Å². The van der Waals surface area contributed by atoms with E-state index in [1.807, 2.05) is 22.6 Å². The molecule has 1 aliphatic rings. The fourth-order valence-electron chi connectivity index (χ4n) is 2.35. The number of fused-ring (bicyclic) bond motifs is 1. The van der Waals surface area contributed by atoms with Crippen molar-refractivity contribution in [3.8, 4) is 0 Å². The summed E-state index contributed by atoms with van der Waals surface area (Å²) in [5.74, 6) is 0. The molecule has 2 aromatic rings. The summed E-state index contributed by atoms with van der Waals surface area (Å²) in [6, 6.07) is 8.61. The molecule has 3 rings (SSSR count). The molecule has 0 radical (unpaired) electrons. The first kappa shape index (κ1) is 12.7. The molecule has 0 bridgehead atoms. The third kappa shape index (κ3) is 2.67. The molecule has 0 aliphatic carbocycles. The van der Waals surface area contributed by atoms with Crippen molar-refractivity contribution in [1.82, 2.24) is 15.0 Å². The lowest BCUT2D eigenvalue weighted by Gasteiger charge is -2.07. The quantitative estimate of drug-likeness (QED) is 0.930. The van der Waals surface area contributed by atoms with Gasteiger partial charge in [-0.1, -0.05) is 30.3 Å². The SMILES string of the molecule is CCC(N)c1cn(CC2Cc3ccccc3S2)nn1. The Balaban J connectivity index is 1.66. The average Bonchev–Trinajstić information content (AvgIpc) is 3.04. The van der Waals surface area contributed by atoms with Gasteiger partial charge in [0.1, 0.15) is 0 Å². The van der Waals surface area contributed by atoms with Crippen molar-refractivity contribution in [3.63, 3.8) is 0 Å². The number of nitrogens with zero attached hydrogens (tertiary/aromatic N) is 3. The monoisotopic (exact) mass is 274 g/mol. The van der Waals surface area contributed by atoms with Crippen LogP contribution in [0.3, 0.4) is 0 Å². The Morgan fingerprint density at radius 1 is 1.47 bits per heavy atom. The molecule has 2 atom stereocenters. The second-order valence-electron chi connectivity index (χ2n) is 4.93. The van der Waals surface area contributed by atoms with Crippen LogP contribution in [0.15, 0.2) is 35.4 Å². The third-order valence-corrected chi connectivity index (χ3v) is 4.78. The van der Waals surface area contributed by atoms with E-state index >= 15 is 0 Å². The molecule has 5 heteroatoms. The summed E-state index contributed by atoms with van der Waals surface area (Å²) in [6.45, 7) is 2.95. The first-order valence-electron chi connectivity index (χ1n) is 6.66. The number of hydrogen-bond donors (Lipinski definition) is 1. The molecule has 0 saturated carbocycles. The molecule has 4 nitrogen and oxygen atoms in total. The van der Waals surface area contributed by atoms with E-state index in [0.717, 1.165) is 25.1 Å². The topological polar surface area (TPSA) is 56.7 Å². The maximum absolute atomic E-state index is 5.96. The molecule has 2 unspecified atom stereocenters. The van der Waals surface area contributed by atoms with Crippen LogP contribution < -0.4 is 5.73 Å². The lowest BCUT2D eigenvalue weighted by Crippen LogP contribution is -2.13. The van der Waals surface area contributed by atoms with Crippen LogP contribution in [0, 0.1) is 0 Å².